The van der Waals surface area contributed by atoms with Gasteiger partial charge in [0.05, 0.1) is 20.3 Å². The second-order valence-corrected chi connectivity index (χ2v) is 12.2. The van der Waals surface area contributed by atoms with Crippen LogP contribution < -0.4 is 14.8 Å². The molecule has 4 atom stereocenters. The summed E-state index contributed by atoms with van der Waals surface area (Å²) in [5.41, 5.74) is 1.35. The highest BCUT2D eigenvalue weighted by molar-refractivity contribution is 6.33. The van der Waals surface area contributed by atoms with Gasteiger partial charge in [-0.3, -0.25) is 4.79 Å². The molecular weight excluding hydrogens is 516 g/mol. The lowest BCUT2D eigenvalue weighted by Crippen LogP contribution is -2.49. The molecule has 2 N–H and O–H groups in total. The molecule has 1 heterocycles. The summed E-state index contributed by atoms with van der Waals surface area (Å²) in [6.07, 6.45) is 4.74. The van der Waals surface area contributed by atoms with Gasteiger partial charge in [0.2, 0.25) is 5.91 Å². The minimum absolute atomic E-state index is 0.0421. The number of carboxylic acids is 1. The minimum Gasteiger partial charge on any atom is -0.495 e. The normalized spacial score (nSPS) is 24.0. The van der Waals surface area contributed by atoms with Gasteiger partial charge in [0, 0.05) is 30.0 Å². The van der Waals surface area contributed by atoms with E-state index in [1.165, 1.54) is 0 Å². The third kappa shape index (κ3) is 5.90. The zero-order valence-corrected chi connectivity index (χ0v) is 24.3. The molecule has 0 aromatic heterocycles. The fourth-order valence-corrected chi connectivity index (χ4v) is 6.95. The third-order valence-corrected chi connectivity index (χ3v) is 8.72. The molecule has 212 valence electrons. The Morgan fingerprint density at radius 2 is 1.69 bits per heavy atom. The van der Waals surface area contributed by atoms with Crippen LogP contribution in [0.25, 0.3) is 0 Å². The number of nitrogens with zero attached hydrogens (tertiary/aromatic N) is 1. The molecule has 2 aliphatic rings. The number of hydrogen-bond acceptors (Lipinski definition) is 5. The maximum Gasteiger partial charge on any atom is 0.326 e. The van der Waals surface area contributed by atoms with Crippen molar-refractivity contribution in [3.63, 3.8) is 0 Å². The molecule has 0 bridgehead atoms. The van der Waals surface area contributed by atoms with Crippen LogP contribution in [0.1, 0.15) is 70.0 Å². The Kier molecular flexibility index (Phi) is 9.12. The van der Waals surface area contributed by atoms with Crippen LogP contribution in [0.2, 0.25) is 5.02 Å². The summed E-state index contributed by atoms with van der Waals surface area (Å²) >= 11 is 6.54. The highest BCUT2D eigenvalue weighted by Crippen LogP contribution is 2.49. The SMILES string of the molecule is COc1ccc(CN[C@@H]2[C@@H](C(C)(C)C)[C@H](C(=O)O)N(C(=O)C3CCCCC3)[C@@H]2c2ccccc2)c(OC)c1Cl. The first kappa shape index (κ1) is 29.2. The van der Waals surface area contributed by atoms with Crippen LogP contribution in [0, 0.1) is 17.3 Å². The van der Waals surface area contributed by atoms with Crippen molar-refractivity contribution in [2.45, 2.75) is 77.5 Å². The van der Waals surface area contributed by atoms with Gasteiger partial charge in [0.25, 0.3) is 0 Å². The second kappa shape index (κ2) is 12.2. The summed E-state index contributed by atoms with van der Waals surface area (Å²) in [4.78, 5) is 28.9. The Morgan fingerprint density at radius 3 is 2.26 bits per heavy atom. The molecule has 2 aromatic carbocycles. The van der Waals surface area contributed by atoms with Gasteiger partial charge in [0.15, 0.2) is 0 Å². The summed E-state index contributed by atoms with van der Waals surface area (Å²) in [6.45, 7) is 6.56. The molecule has 0 radical (unpaired) electrons. The van der Waals surface area contributed by atoms with E-state index in [9.17, 15) is 14.7 Å². The van der Waals surface area contributed by atoms with Gasteiger partial charge in [-0.25, -0.2) is 4.79 Å². The highest BCUT2D eigenvalue weighted by atomic mass is 35.5. The van der Waals surface area contributed by atoms with E-state index in [1.807, 2.05) is 36.4 Å². The van der Waals surface area contributed by atoms with E-state index in [0.29, 0.717) is 23.1 Å². The summed E-state index contributed by atoms with van der Waals surface area (Å²) in [5, 5.41) is 14.7. The second-order valence-electron chi connectivity index (χ2n) is 11.8. The van der Waals surface area contributed by atoms with Crippen LogP contribution in [0.5, 0.6) is 11.5 Å². The highest BCUT2D eigenvalue weighted by Gasteiger charge is 2.58. The number of carboxylic acid groups (broad SMARTS) is 1. The summed E-state index contributed by atoms with van der Waals surface area (Å²) in [5.74, 6) is -0.480. The van der Waals surface area contributed by atoms with Crippen LogP contribution in [0.3, 0.4) is 0 Å². The number of hydrogen-bond donors (Lipinski definition) is 2. The van der Waals surface area contributed by atoms with Crippen molar-refractivity contribution in [2.75, 3.05) is 14.2 Å². The maximum absolute atomic E-state index is 14.2. The number of amides is 1. The van der Waals surface area contributed by atoms with Gasteiger partial charge in [-0.2, -0.15) is 0 Å². The number of methoxy groups -OCH3 is 2. The third-order valence-electron chi connectivity index (χ3n) is 8.37. The number of carbonyl (C=O) groups excluding carboxylic acids is 1. The minimum atomic E-state index is -0.964. The molecule has 4 rings (SSSR count). The molecule has 1 saturated carbocycles. The Labute approximate surface area is 236 Å². The largest absolute Gasteiger partial charge is 0.495 e. The quantitative estimate of drug-likeness (QED) is 0.409. The van der Waals surface area contributed by atoms with E-state index in [1.54, 1.807) is 25.2 Å². The lowest BCUT2D eigenvalue weighted by molar-refractivity contribution is -0.154. The first-order chi connectivity index (χ1) is 18.6. The van der Waals surface area contributed by atoms with E-state index in [0.717, 1.165) is 43.2 Å². The van der Waals surface area contributed by atoms with Crippen molar-refractivity contribution in [2.24, 2.45) is 17.3 Å². The monoisotopic (exact) mass is 556 g/mol. The van der Waals surface area contributed by atoms with Crippen molar-refractivity contribution in [1.82, 2.24) is 10.2 Å². The van der Waals surface area contributed by atoms with Crippen LogP contribution in [-0.2, 0) is 16.1 Å². The Bertz CT molecular complexity index is 1160. The number of carbonyl (C=O) groups is 2. The smallest absolute Gasteiger partial charge is 0.326 e. The molecule has 0 unspecified atom stereocenters. The number of nitrogens with one attached hydrogen (secondary N) is 1. The molecule has 39 heavy (non-hydrogen) atoms. The summed E-state index contributed by atoms with van der Waals surface area (Å²) in [6, 6.07) is 11.8. The van der Waals surface area contributed by atoms with E-state index < -0.39 is 23.5 Å². The van der Waals surface area contributed by atoms with Crippen molar-refractivity contribution >= 4 is 23.5 Å². The molecule has 8 heteroatoms. The van der Waals surface area contributed by atoms with Crippen LogP contribution in [0.15, 0.2) is 42.5 Å². The number of ether oxygens (including phenoxy) is 2. The lowest BCUT2D eigenvalue weighted by Gasteiger charge is -2.36. The first-order valence-electron chi connectivity index (χ1n) is 13.8. The molecule has 7 nitrogen and oxygen atoms in total. The van der Waals surface area contributed by atoms with Crippen molar-refractivity contribution in [3.05, 3.63) is 58.6 Å². The Hall–Kier alpha value is -2.77. The van der Waals surface area contributed by atoms with Gasteiger partial charge in [-0.15, -0.1) is 0 Å². The van der Waals surface area contributed by atoms with Crippen LogP contribution in [-0.4, -0.2) is 48.2 Å². The standard InChI is InChI=1S/C31H41ClN2O5/c1-31(2,3)23-25(33-18-21-16-17-22(38-4)24(32)28(21)39-5)26(19-12-8-6-9-13-19)34(27(23)30(36)37)29(35)20-14-10-7-11-15-20/h6,8-9,12-13,16-17,20,23,25-27,33H,7,10-11,14-15,18H2,1-5H3,(H,36,37)/t23-,25-,26-,27-/m1/s1. The zero-order chi connectivity index (χ0) is 28.3. The average molecular weight is 557 g/mol. The van der Waals surface area contributed by atoms with E-state index in [-0.39, 0.29) is 23.8 Å². The van der Waals surface area contributed by atoms with Crippen molar-refractivity contribution < 1.29 is 24.2 Å². The number of aliphatic carboxylic acids is 1. The van der Waals surface area contributed by atoms with Crippen LogP contribution in [0.4, 0.5) is 0 Å². The molecule has 2 fully saturated rings. The molecule has 2 aromatic rings. The van der Waals surface area contributed by atoms with Gasteiger partial charge >= 0.3 is 5.97 Å². The van der Waals surface area contributed by atoms with Crippen molar-refractivity contribution in [3.8, 4) is 11.5 Å². The summed E-state index contributed by atoms with van der Waals surface area (Å²) in [7, 11) is 3.12. The van der Waals surface area contributed by atoms with E-state index >= 15 is 0 Å². The average Bonchev–Trinajstić information content (AvgIpc) is 3.28. The van der Waals surface area contributed by atoms with E-state index in [4.69, 9.17) is 21.1 Å². The van der Waals surface area contributed by atoms with E-state index in [2.05, 4.69) is 26.1 Å². The molecule has 1 amide bonds. The fraction of sp³-hybridized carbons (Fsp3) is 0.548. The molecule has 1 aliphatic carbocycles. The van der Waals surface area contributed by atoms with Crippen LogP contribution >= 0.6 is 11.6 Å². The van der Waals surface area contributed by atoms with Gasteiger partial charge in [0.1, 0.15) is 22.6 Å². The Morgan fingerprint density at radius 1 is 1.03 bits per heavy atom. The van der Waals surface area contributed by atoms with Gasteiger partial charge in [-0.05, 0) is 29.9 Å². The number of benzene rings is 2. The maximum atomic E-state index is 14.2. The number of likely N-dealkylation sites (tertiary alicyclic amines) is 1. The molecule has 1 saturated heterocycles. The topological polar surface area (TPSA) is 88.1 Å². The molecular formula is C31H41ClN2O5. The number of halogens is 1. The van der Waals surface area contributed by atoms with Gasteiger partial charge < -0.3 is 24.8 Å². The lowest BCUT2D eigenvalue weighted by atomic mass is 9.72. The molecule has 0 spiro atoms. The predicted octanol–water partition coefficient (Wildman–Crippen LogP) is 6.09. The number of rotatable bonds is 8. The molecule has 1 aliphatic heterocycles. The van der Waals surface area contributed by atoms with Gasteiger partial charge in [-0.1, -0.05) is 88.0 Å². The Balaban J connectivity index is 1.80. The first-order valence-corrected chi connectivity index (χ1v) is 14.2. The predicted molar refractivity (Wildman–Crippen MR) is 152 cm³/mol. The zero-order valence-electron chi connectivity index (χ0n) is 23.6. The van der Waals surface area contributed by atoms with Crippen molar-refractivity contribution in [1.29, 1.82) is 0 Å². The fourth-order valence-electron chi connectivity index (χ4n) is 6.61. The summed E-state index contributed by atoms with van der Waals surface area (Å²) < 4.78 is 11.0.